The average molecular weight is 1750 g/mol. The number of oxazole rings is 1. The molecule has 0 bridgehead atoms. The maximum atomic E-state index is 11.4. The van der Waals surface area contributed by atoms with Crippen molar-refractivity contribution < 1.29 is 23.4 Å². The van der Waals surface area contributed by atoms with Crippen LogP contribution in [0.25, 0.3) is 141 Å². The normalized spacial score (nSPS) is 11.3. The molecule has 0 fully saturated rings. The van der Waals surface area contributed by atoms with Crippen LogP contribution in [0, 0.1) is 34.6 Å². The Kier molecular flexibility index (Phi) is 25.5. The monoisotopic (exact) mass is 1750 g/mol. The summed E-state index contributed by atoms with van der Waals surface area (Å²) in [5.41, 5.74) is 29.9. The van der Waals surface area contributed by atoms with E-state index < -0.39 is 5.91 Å². The van der Waals surface area contributed by atoms with Gasteiger partial charge < -0.3 is 39.2 Å². The standard InChI is InChI=1S/C25H19N5S.C22H17N5O3.C21H21N5.C19H18N6O.C15H12N2O/c1-17-8-7-13-23(27-17)24-21(19-14-15-26-22-12-6-5-11-20(19)22)16-30(29-24)25(31)28-18-9-3-2-4-10-18;1-13-3-2-4-17(24-13)22-25-21(15-7-5-14(6-8-15)20(23)28)26-27(22)16-9-10-18-19(11-16)30-12-29-18;1-13-6-5-7-16(24-13)19-18(25-20(26-19)21(2,3)4)14-8-9-15-17(12-14)23-11-10-22-15;1-13-4-3-5-17(23-13)19-16(9-22-24-19)14-6-7-20-18(8-14)26-11-15-10-25(2)12-21-15;1-11-17-14(12-5-3-2-4-6-12)15(18-11)13-7-9-16-10-8-13/h2-16H,1H3,(H,28,31);2-11H,12H2,1H3,(H2,23,28);5-12H,1-4H3,(H,25,26);3-10,12H,11H2,1-2H3,(H,22,24);2-10H,1H3. The zero-order chi connectivity index (χ0) is 90.5. The number of hydrogen-bond donors (Lipinski definition) is 4. The van der Waals surface area contributed by atoms with Crippen LogP contribution >= 0.6 is 12.2 Å². The number of amides is 1. The number of ether oxygens (including phenoxy) is 3. The highest BCUT2D eigenvalue weighted by Crippen LogP contribution is 2.40. The summed E-state index contributed by atoms with van der Waals surface area (Å²) in [6.45, 7) is 16.7. The smallest absolute Gasteiger partial charge is 0.248 e. The molecule has 0 radical (unpaired) electrons. The number of imidazole rings is 2. The SMILES string of the molecule is Cc1cccc(-c2[nH]c(C(C)(C)C)nc2-c2ccc3nccnc3c2)n1.Cc1cccc(-c2[nH]ncc2-c2ccnc(OCc3cn(C)cn3)c2)n1.Cc1cccc(-c2nc(-c3ccc(C(N)=O)cc3)nn2-c2ccc3c(c2)OCO3)n1.Cc1cccc(-c2nn(C(=S)Nc3ccccc3)cc2-c2ccnc3ccccc23)n1.Cc1nc(-c2ccccc2)c(-c2ccncc2)o1. The third-order valence-corrected chi connectivity index (χ3v) is 21.0. The minimum Gasteiger partial charge on any atom is -0.471 e. The van der Waals surface area contributed by atoms with E-state index in [-0.39, 0.29) is 12.2 Å². The highest BCUT2D eigenvalue weighted by Gasteiger charge is 2.26. The molecule has 131 heavy (non-hydrogen) atoms. The topological polar surface area (TPSA) is 349 Å². The number of anilines is 1. The number of aromatic nitrogens is 21. The van der Waals surface area contributed by atoms with Crippen LogP contribution in [0.5, 0.6) is 17.4 Å². The lowest BCUT2D eigenvalue weighted by atomic mass is 9.96. The number of para-hydroxylation sites is 2. The van der Waals surface area contributed by atoms with E-state index in [9.17, 15) is 4.79 Å². The Bertz CT molecular complexity index is 7390. The largest absolute Gasteiger partial charge is 0.471 e. The molecule has 21 rings (SSSR count). The maximum Gasteiger partial charge on any atom is 0.248 e. The number of primary amides is 1. The van der Waals surface area contributed by atoms with Crippen LogP contribution < -0.4 is 25.3 Å². The first-order valence-corrected chi connectivity index (χ1v) is 42.3. The van der Waals surface area contributed by atoms with Crippen molar-refractivity contribution >= 4 is 50.9 Å². The van der Waals surface area contributed by atoms with E-state index in [4.69, 9.17) is 61.7 Å². The second-order valence-corrected chi connectivity index (χ2v) is 31.9. The van der Waals surface area contributed by atoms with Crippen LogP contribution in [-0.4, -0.2) is 122 Å². The van der Waals surface area contributed by atoms with Gasteiger partial charge in [0.05, 0.1) is 74.6 Å². The summed E-state index contributed by atoms with van der Waals surface area (Å²) in [4.78, 5) is 73.4. The van der Waals surface area contributed by atoms with Crippen LogP contribution in [0.3, 0.4) is 0 Å². The number of nitrogens with zero attached hydrogens (tertiary/aromatic N) is 19. The van der Waals surface area contributed by atoms with Gasteiger partial charge in [-0.2, -0.15) is 10.2 Å². The number of carbonyl (C=O) groups excluding carboxylic acids is 1. The van der Waals surface area contributed by atoms with Crippen LogP contribution in [0.1, 0.15) is 71.3 Å². The summed E-state index contributed by atoms with van der Waals surface area (Å²) in [6, 6.07) is 79.8. The maximum absolute atomic E-state index is 11.4. The number of nitrogens with two attached hydrogens (primary N) is 1. The van der Waals surface area contributed by atoms with Crippen LogP contribution in [0.15, 0.2) is 315 Å². The quantitative estimate of drug-likeness (QED) is 0.0653. The van der Waals surface area contributed by atoms with Gasteiger partial charge in [0.2, 0.25) is 18.6 Å². The summed E-state index contributed by atoms with van der Waals surface area (Å²) in [5.74, 6) is 4.89. The fourth-order valence-electron chi connectivity index (χ4n) is 14.4. The molecule has 0 unspecified atom stereocenters. The number of aryl methyl sites for hydroxylation is 6. The molecule has 20 aromatic rings. The molecule has 28 nitrogen and oxygen atoms in total. The summed E-state index contributed by atoms with van der Waals surface area (Å²) >= 11 is 5.65. The molecule has 646 valence electrons. The lowest BCUT2D eigenvalue weighted by Crippen LogP contribution is -2.19. The second-order valence-electron chi connectivity index (χ2n) is 31.5. The van der Waals surface area contributed by atoms with Gasteiger partial charge in [-0.05, 0) is 178 Å². The second kappa shape index (κ2) is 38.8. The highest BCUT2D eigenvalue weighted by molar-refractivity contribution is 7.80. The van der Waals surface area contributed by atoms with E-state index in [0.29, 0.717) is 57.9 Å². The molecule has 0 saturated heterocycles. The third-order valence-electron chi connectivity index (χ3n) is 20.8. The first-order chi connectivity index (χ1) is 63.7. The van der Waals surface area contributed by atoms with Crippen LogP contribution in [0.4, 0.5) is 5.69 Å². The van der Waals surface area contributed by atoms with Gasteiger partial charge in [0.1, 0.15) is 29.5 Å². The molecule has 5 N–H and O–H groups in total. The van der Waals surface area contributed by atoms with Crippen molar-refractivity contribution in [3.05, 3.63) is 357 Å². The molecule has 0 saturated carbocycles. The molecule has 0 atom stereocenters. The average Bonchev–Trinajstić information content (AvgIpc) is 1.65. The van der Waals surface area contributed by atoms with Gasteiger partial charge >= 0.3 is 0 Å². The zero-order valence-corrected chi connectivity index (χ0v) is 73.7. The minimum absolute atomic E-state index is 0.0898. The molecule has 14 aromatic heterocycles. The molecule has 0 aliphatic carbocycles. The van der Waals surface area contributed by atoms with Gasteiger partial charge in [-0.1, -0.05) is 130 Å². The Morgan fingerprint density at radius 3 is 1.86 bits per heavy atom. The number of pyridine rings is 7. The molecular weight excluding hydrogens is 1660 g/mol. The Labute approximate surface area is 759 Å². The number of hydrogen-bond acceptors (Lipinski definition) is 22. The third kappa shape index (κ3) is 20.4. The zero-order valence-electron chi connectivity index (χ0n) is 72.9. The summed E-state index contributed by atoms with van der Waals surface area (Å²) < 4.78 is 27.7. The van der Waals surface area contributed by atoms with E-state index in [2.05, 4.69) is 97.2 Å². The van der Waals surface area contributed by atoms with Gasteiger partial charge in [0, 0.05) is 154 Å². The van der Waals surface area contributed by atoms with Gasteiger partial charge in [-0.15, -0.1) is 5.10 Å². The van der Waals surface area contributed by atoms with Crippen molar-refractivity contribution in [2.75, 3.05) is 12.1 Å². The molecule has 1 aliphatic heterocycles. The Morgan fingerprint density at radius 1 is 0.511 bits per heavy atom. The van der Waals surface area contributed by atoms with E-state index in [1.807, 2.05) is 283 Å². The van der Waals surface area contributed by atoms with Gasteiger partial charge in [-0.3, -0.25) is 44.8 Å². The Balaban J connectivity index is 0.000000116. The van der Waals surface area contributed by atoms with Crippen molar-refractivity contribution in [1.82, 2.24) is 104 Å². The lowest BCUT2D eigenvalue weighted by Gasteiger charge is -2.14. The van der Waals surface area contributed by atoms with Gasteiger partial charge in [0.25, 0.3) is 0 Å². The van der Waals surface area contributed by atoms with Crippen molar-refractivity contribution in [3.8, 4) is 136 Å². The Hall–Kier alpha value is -17.1. The summed E-state index contributed by atoms with van der Waals surface area (Å²) in [7, 11) is 1.93. The fourth-order valence-corrected chi connectivity index (χ4v) is 14.6. The first-order valence-electron chi connectivity index (χ1n) is 41.9. The first kappa shape index (κ1) is 86.1. The van der Waals surface area contributed by atoms with Crippen LogP contribution in [0.2, 0.25) is 0 Å². The number of carbonyl (C=O) groups is 1. The summed E-state index contributed by atoms with van der Waals surface area (Å²) in [5, 5.41) is 21.6. The fraction of sp³-hybridized carbons (Fsp3) is 0.118. The number of aromatic amines is 2. The molecule has 15 heterocycles. The van der Waals surface area contributed by atoms with Crippen molar-refractivity contribution in [2.24, 2.45) is 12.8 Å². The van der Waals surface area contributed by atoms with Crippen molar-refractivity contribution in [2.45, 2.75) is 67.4 Å². The van der Waals surface area contributed by atoms with Gasteiger partial charge in [0.15, 0.2) is 39.9 Å². The van der Waals surface area contributed by atoms with E-state index in [1.165, 1.54) is 0 Å². The van der Waals surface area contributed by atoms with E-state index in [1.54, 1.807) is 77.1 Å². The van der Waals surface area contributed by atoms with Crippen molar-refractivity contribution in [1.29, 1.82) is 0 Å². The van der Waals surface area contributed by atoms with Crippen LogP contribution in [-0.2, 0) is 19.1 Å². The number of rotatable bonds is 16. The molecule has 0 spiro atoms. The molecule has 29 heteroatoms. The number of thiocarbonyl (C=S) groups is 1. The number of nitrogens with one attached hydrogen (secondary N) is 3. The van der Waals surface area contributed by atoms with E-state index >= 15 is 0 Å². The highest BCUT2D eigenvalue weighted by atomic mass is 32.1. The molecular formula is C102H87N23O5S. The van der Waals surface area contributed by atoms with E-state index in [0.717, 1.165) is 163 Å². The van der Waals surface area contributed by atoms with Gasteiger partial charge in [-0.25, -0.2) is 39.3 Å². The number of benzene rings is 6. The lowest BCUT2D eigenvalue weighted by molar-refractivity contribution is 0.1000. The predicted octanol–water partition coefficient (Wildman–Crippen LogP) is 20.4. The molecule has 1 amide bonds. The van der Waals surface area contributed by atoms with Crippen molar-refractivity contribution in [3.63, 3.8) is 0 Å². The molecule has 6 aromatic carbocycles. The predicted molar refractivity (Wildman–Crippen MR) is 509 cm³/mol. The minimum atomic E-state index is -0.481. The Morgan fingerprint density at radius 2 is 1.15 bits per heavy atom. The summed E-state index contributed by atoms with van der Waals surface area (Å²) in [6.07, 6.45) is 17.9. The molecule has 1 aliphatic rings. The number of fused-ring (bicyclic) bond motifs is 3. The number of H-pyrrole nitrogens is 2.